The Balaban J connectivity index is 1.42. The van der Waals surface area contributed by atoms with E-state index in [-0.39, 0.29) is 12.1 Å². The largest absolute Gasteiger partial charge is 0.497 e. The number of rotatable bonds is 9. The van der Waals surface area contributed by atoms with E-state index in [4.69, 9.17) is 18.9 Å². The number of piperidine rings is 1. The fourth-order valence-electron chi connectivity index (χ4n) is 4.39. The number of ether oxygens (including phenoxy) is 4. The zero-order valence-electron chi connectivity index (χ0n) is 20.9. The highest BCUT2D eigenvalue weighted by molar-refractivity contribution is 5.54. The summed E-state index contributed by atoms with van der Waals surface area (Å²) in [6.07, 6.45) is 2.73. The molecule has 2 heterocycles. The van der Waals surface area contributed by atoms with Gasteiger partial charge in [0.05, 0.1) is 20.4 Å². The van der Waals surface area contributed by atoms with Crippen LogP contribution in [0.5, 0.6) is 34.9 Å². The van der Waals surface area contributed by atoms with Crippen molar-refractivity contribution in [3.05, 3.63) is 90.6 Å². The van der Waals surface area contributed by atoms with Crippen LogP contribution in [0.4, 0.5) is 5.69 Å². The van der Waals surface area contributed by atoms with Gasteiger partial charge in [0.25, 0.3) is 0 Å². The van der Waals surface area contributed by atoms with Gasteiger partial charge in [-0.15, -0.1) is 0 Å². The van der Waals surface area contributed by atoms with Gasteiger partial charge >= 0.3 is 6.01 Å². The first-order valence-corrected chi connectivity index (χ1v) is 12.2. The Hall–Kier alpha value is -4.30. The van der Waals surface area contributed by atoms with Crippen molar-refractivity contribution < 1.29 is 18.9 Å². The van der Waals surface area contributed by atoms with Gasteiger partial charge in [-0.2, -0.15) is 4.98 Å². The molecule has 8 heteroatoms. The van der Waals surface area contributed by atoms with Crippen molar-refractivity contribution in [2.45, 2.75) is 18.4 Å². The SMILES string of the molecule is COc1ccc(Oc2ncc(N[C@H]3CNCC[C@@H]3c3ccccc3)c(Oc3ccc(OC)cc3)n2)cc1. The number of nitrogens with zero attached hydrogens (tertiary/aromatic N) is 2. The van der Waals surface area contributed by atoms with Crippen LogP contribution in [0.3, 0.4) is 0 Å². The lowest BCUT2D eigenvalue weighted by molar-refractivity contribution is 0.399. The summed E-state index contributed by atoms with van der Waals surface area (Å²) in [5.41, 5.74) is 1.99. The Kier molecular flexibility index (Phi) is 7.66. The van der Waals surface area contributed by atoms with Crippen LogP contribution in [0.25, 0.3) is 0 Å². The number of hydrogen-bond acceptors (Lipinski definition) is 8. The lowest BCUT2D eigenvalue weighted by atomic mass is 9.86. The molecule has 0 radical (unpaired) electrons. The molecule has 1 fully saturated rings. The second kappa shape index (κ2) is 11.6. The molecular weight excluding hydrogens is 468 g/mol. The minimum atomic E-state index is 0.131. The molecule has 190 valence electrons. The molecular formula is C29H30N4O4. The molecule has 1 aliphatic rings. The Morgan fingerprint density at radius 3 is 2.05 bits per heavy atom. The Morgan fingerprint density at radius 1 is 0.784 bits per heavy atom. The van der Waals surface area contributed by atoms with Crippen LogP contribution >= 0.6 is 0 Å². The normalized spacial score (nSPS) is 17.0. The molecule has 4 aromatic rings. The maximum Gasteiger partial charge on any atom is 0.325 e. The average molecular weight is 499 g/mol. The lowest BCUT2D eigenvalue weighted by Crippen LogP contribution is -2.44. The molecule has 2 atom stereocenters. The fraction of sp³-hybridized carbons (Fsp3) is 0.241. The molecule has 37 heavy (non-hydrogen) atoms. The van der Waals surface area contributed by atoms with E-state index in [1.807, 2.05) is 42.5 Å². The van der Waals surface area contributed by atoms with Gasteiger partial charge in [0.1, 0.15) is 28.7 Å². The van der Waals surface area contributed by atoms with Crippen LogP contribution in [0, 0.1) is 0 Å². The summed E-state index contributed by atoms with van der Waals surface area (Å²) in [5.74, 6) is 3.42. The summed E-state index contributed by atoms with van der Waals surface area (Å²) in [6, 6.07) is 25.5. The van der Waals surface area contributed by atoms with Crippen LogP contribution in [0.2, 0.25) is 0 Å². The molecule has 8 nitrogen and oxygen atoms in total. The van der Waals surface area contributed by atoms with E-state index in [0.717, 1.165) is 31.0 Å². The van der Waals surface area contributed by atoms with Crippen molar-refractivity contribution >= 4 is 5.69 Å². The number of hydrogen-bond donors (Lipinski definition) is 2. The molecule has 0 unspecified atom stereocenters. The van der Waals surface area contributed by atoms with E-state index in [0.29, 0.717) is 29.0 Å². The van der Waals surface area contributed by atoms with Crippen molar-refractivity contribution in [1.29, 1.82) is 0 Å². The lowest BCUT2D eigenvalue weighted by Gasteiger charge is -2.34. The minimum absolute atomic E-state index is 0.131. The molecule has 0 amide bonds. The minimum Gasteiger partial charge on any atom is -0.497 e. The molecule has 0 spiro atoms. The monoisotopic (exact) mass is 498 g/mol. The maximum atomic E-state index is 6.22. The zero-order chi connectivity index (χ0) is 25.5. The highest BCUT2D eigenvalue weighted by Crippen LogP contribution is 2.34. The summed E-state index contributed by atoms with van der Waals surface area (Å²) < 4.78 is 22.6. The van der Waals surface area contributed by atoms with Crippen molar-refractivity contribution in [2.24, 2.45) is 0 Å². The number of aromatic nitrogens is 2. The molecule has 0 bridgehead atoms. The van der Waals surface area contributed by atoms with E-state index in [9.17, 15) is 0 Å². The summed E-state index contributed by atoms with van der Waals surface area (Å²) in [4.78, 5) is 9.07. The van der Waals surface area contributed by atoms with Gasteiger partial charge in [0.2, 0.25) is 5.88 Å². The molecule has 1 aliphatic heterocycles. The third-order valence-electron chi connectivity index (χ3n) is 6.32. The van der Waals surface area contributed by atoms with Crippen molar-refractivity contribution in [2.75, 3.05) is 32.6 Å². The van der Waals surface area contributed by atoms with Crippen LogP contribution in [0.15, 0.2) is 85.1 Å². The van der Waals surface area contributed by atoms with E-state index >= 15 is 0 Å². The van der Waals surface area contributed by atoms with Crippen molar-refractivity contribution in [3.63, 3.8) is 0 Å². The van der Waals surface area contributed by atoms with E-state index < -0.39 is 0 Å². The van der Waals surface area contributed by atoms with Crippen molar-refractivity contribution in [1.82, 2.24) is 15.3 Å². The Labute approximate surface area is 216 Å². The van der Waals surface area contributed by atoms with Crippen LogP contribution < -0.4 is 29.6 Å². The van der Waals surface area contributed by atoms with Crippen LogP contribution in [-0.4, -0.2) is 43.3 Å². The van der Waals surface area contributed by atoms with E-state index in [1.165, 1.54) is 5.56 Å². The average Bonchev–Trinajstić information content (AvgIpc) is 2.96. The van der Waals surface area contributed by atoms with Gasteiger partial charge in [-0.05, 0) is 67.1 Å². The van der Waals surface area contributed by atoms with Gasteiger partial charge in [0, 0.05) is 18.5 Å². The van der Waals surface area contributed by atoms with Crippen molar-refractivity contribution in [3.8, 4) is 34.9 Å². The quantitative estimate of drug-likeness (QED) is 0.307. The Morgan fingerprint density at radius 2 is 1.41 bits per heavy atom. The predicted molar refractivity (Wildman–Crippen MR) is 142 cm³/mol. The standard InChI is InChI=1S/C29H30N4O4/c1-34-21-8-12-23(13-9-21)36-28-27(19-31-29(33-28)37-24-14-10-22(35-2)11-15-24)32-26-18-30-17-16-25(26)20-6-4-3-5-7-20/h3-15,19,25-26,30,32H,16-18H2,1-2H3/t25-,26+/m1/s1. The first kappa shape index (κ1) is 24.4. The van der Waals surface area contributed by atoms with E-state index in [2.05, 4.69) is 44.9 Å². The summed E-state index contributed by atoms with van der Waals surface area (Å²) >= 11 is 0. The fourth-order valence-corrected chi connectivity index (χ4v) is 4.39. The van der Waals surface area contributed by atoms with Gasteiger partial charge in [0.15, 0.2) is 0 Å². The molecule has 0 saturated carbocycles. The summed E-state index contributed by atoms with van der Waals surface area (Å²) in [5, 5.41) is 7.13. The second-order valence-electron chi connectivity index (χ2n) is 8.69. The predicted octanol–water partition coefficient (Wildman–Crippen LogP) is 5.64. The summed E-state index contributed by atoms with van der Waals surface area (Å²) in [7, 11) is 3.25. The number of anilines is 1. The molecule has 3 aromatic carbocycles. The number of methoxy groups -OCH3 is 2. The van der Waals surface area contributed by atoms with Gasteiger partial charge < -0.3 is 29.6 Å². The summed E-state index contributed by atoms with van der Waals surface area (Å²) in [6.45, 7) is 1.78. The maximum absolute atomic E-state index is 6.22. The molecule has 2 N–H and O–H groups in total. The molecule has 0 aliphatic carbocycles. The third-order valence-corrected chi connectivity index (χ3v) is 6.32. The van der Waals surface area contributed by atoms with Crippen LogP contribution in [-0.2, 0) is 0 Å². The third kappa shape index (κ3) is 6.10. The van der Waals surface area contributed by atoms with E-state index in [1.54, 1.807) is 32.5 Å². The van der Waals surface area contributed by atoms with Gasteiger partial charge in [-0.25, -0.2) is 4.98 Å². The zero-order valence-corrected chi connectivity index (χ0v) is 20.9. The second-order valence-corrected chi connectivity index (χ2v) is 8.69. The first-order chi connectivity index (χ1) is 18.2. The topological polar surface area (TPSA) is 86.8 Å². The molecule has 1 aromatic heterocycles. The molecule has 1 saturated heterocycles. The number of nitrogens with one attached hydrogen (secondary N) is 2. The molecule has 5 rings (SSSR count). The first-order valence-electron chi connectivity index (χ1n) is 12.2. The number of benzene rings is 3. The van der Waals surface area contributed by atoms with Gasteiger partial charge in [-0.3, -0.25) is 0 Å². The van der Waals surface area contributed by atoms with Gasteiger partial charge in [-0.1, -0.05) is 30.3 Å². The Bertz CT molecular complexity index is 1280. The highest BCUT2D eigenvalue weighted by atomic mass is 16.5. The van der Waals surface area contributed by atoms with Crippen LogP contribution in [0.1, 0.15) is 17.9 Å². The smallest absolute Gasteiger partial charge is 0.325 e. The highest BCUT2D eigenvalue weighted by Gasteiger charge is 2.27.